The Labute approximate surface area is 145 Å². The van der Waals surface area contributed by atoms with Gasteiger partial charge in [-0.15, -0.1) is 0 Å². The van der Waals surface area contributed by atoms with Crippen molar-refractivity contribution in [3.05, 3.63) is 70.3 Å². The van der Waals surface area contributed by atoms with E-state index in [9.17, 15) is 0 Å². The van der Waals surface area contributed by atoms with Crippen LogP contribution in [0.5, 0.6) is 0 Å². The summed E-state index contributed by atoms with van der Waals surface area (Å²) in [6.07, 6.45) is 5.20. The van der Waals surface area contributed by atoms with Gasteiger partial charge in [0.05, 0.1) is 0 Å². The van der Waals surface area contributed by atoms with Crippen molar-refractivity contribution in [3.8, 4) is 0 Å². The zero-order chi connectivity index (χ0) is 16.5. The molecule has 2 aromatic carbocycles. The first-order valence-corrected chi connectivity index (χ1v) is 9.32. The van der Waals surface area contributed by atoms with Crippen molar-refractivity contribution >= 4 is 0 Å². The maximum Gasteiger partial charge on any atom is 0.0237 e. The second kappa shape index (κ2) is 6.70. The van der Waals surface area contributed by atoms with Crippen molar-refractivity contribution in [1.82, 2.24) is 4.90 Å². The van der Waals surface area contributed by atoms with E-state index >= 15 is 0 Å². The predicted molar refractivity (Wildman–Crippen MR) is 99.8 cm³/mol. The fourth-order valence-corrected chi connectivity index (χ4v) is 4.61. The van der Waals surface area contributed by atoms with Gasteiger partial charge < -0.3 is 5.73 Å². The number of rotatable bonds is 3. The van der Waals surface area contributed by atoms with E-state index in [1.165, 1.54) is 48.9 Å². The van der Waals surface area contributed by atoms with Crippen LogP contribution in [0.4, 0.5) is 0 Å². The van der Waals surface area contributed by atoms with Crippen LogP contribution in [0.15, 0.2) is 42.5 Å². The van der Waals surface area contributed by atoms with E-state index < -0.39 is 0 Å². The molecule has 2 aromatic rings. The normalized spacial score (nSPS) is 23.6. The van der Waals surface area contributed by atoms with Gasteiger partial charge in [0.2, 0.25) is 0 Å². The van der Waals surface area contributed by atoms with Crippen molar-refractivity contribution in [1.29, 1.82) is 0 Å². The zero-order valence-electron chi connectivity index (χ0n) is 14.7. The summed E-state index contributed by atoms with van der Waals surface area (Å²) in [6, 6.07) is 16.6. The molecular weight excluding hydrogens is 292 g/mol. The van der Waals surface area contributed by atoms with Gasteiger partial charge in [-0.3, -0.25) is 4.90 Å². The molecule has 2 nitrogen and oxygen atoms in total. The Balaban J connectivity index is 1.56. The van der Waals surface area contributed by atoms with Crippen LogP contribution in [0, 0.1) is 12.8 Å². The third-order valence-electron chi connectivity index (χ3n) is 6.01. The van der Waals surface area contributed by atoms with E-state index in [1.807, 2.05) is 0 Å². The van der Waals surface area contributed by atoms with Crippen LogP contribution >= 0.6 is 0 Å². The molecule has 0 aromatic heterocycles. The summed E-state index contributed by atoms with van der Waals surface area (Å²) in [5.74, 6) is 0.812. The molecule has 2 bridgehead atoms. The molecule has 126 valence electrons. The van der Waals surface area contributed by atoms with E-state index in [1.54, 1.807) is 11.1 Å². The fraction of sp³-hybridized carbons (Fsp3) is 0.455. The van der Waals surface area contributed by atoms with Crippen LogP contribution in [-0.2, 0) is 25.9 Å². The van der Waals surface area contributed by atoms with Gasteiger partial charge in [-0.2, -0.15) is 0 Å². The lowest BCUT2D eigenvalue weighted by Gasteiger charge is -2.42. The van der Waals surface area contributed by atoms with E-state index in [4.69, 9.17) is 5.73 Å². The van der Waals surface area contributed by atoms with E-state index in [0.717, 1.165) is 12.5 Å². The molecule has 2 heteroatoms. The minimum absolute atomic E-state index is 0.636. The number of piperidine rings is 1. The number of benzene rings is 2. The fourth-order valence-electron chi connectivity index (χ4n) is 4.61. The molecule has 0 amide bonds. The lowest BCUT2D eigenvalue weighted by Crippen LogP contribution is -2.46. The quantitative estimate of drug-likeness (QED) is 0.931. The standard InChI is InChI=1S/C22H28N2/c1-16-10-17(6-8-21(16)13-23)14-24-15-18-7-9-22(24)12-20-5-3-2-4-19(20)11-18/h2-6,8,10,18,22H,7,9,11-15,23H2,1H3. The molecule has 2 aliphatic heterocycles. The Morgan fingerprint density at radius 2 is 1.83 bits per heavy atom. The molecule has 0 spiro atoms. The molecule has 0 saturated carbocycles. The van der Waals surface area contributed by atoms with Crippen LogP contribution < -0.4 is 5.73 Å². The van der Waals surface area contributed by atoms with Crippen molar-refractivity contribution in [3.63, 3.8) is 0 Å². The molecule has 1 fully saturated rings. The Bertz CT molecular complexity index is 722. The van der Waals surface area contributed by atoms with Crippen molar-refractivity contribution in [2.45, 2.75) is 51.7 Å². The van der Waals surface area contributed by atoms with Crippen LogP contribution in [-0.4, -0.2) is 17.5 Å². The van der Waals surface area contributed by atoms with Gasteiger partial charge in [0.15, 0.2) is 0 Å². The van der Waals surface area contributed by atoms with Crippen LogP contribution in [0.3, 0.4) is 0 Å². The summed E-state index contributed by atoms with van der Waals surface area (Å²) in [6.45, 7) is 5.14. The summed E-state index contributed by atoms with van der Waals surface area (Å²) in [5, 5.41) is 0. The minimum Gasteiger partial charge on any atom is -0.326 e. The molecule has 3 aliphatic rings. The molecule has 2 N–H and O–H groups in total. The highest BCUT2D eigenvalue weighted by Gasteiger charge is 2.31. The number of nitrogens with two attached hydrogens (primary N) is 1. The maximum absolute atomic E-state index is 5.81. The molecule has 2 heterocycles. The lowest BCUT2D eigenvalue weighted by molar-refractivity contribution is 0.0938. The van der Waals surface area contributed by atoms with Gasteiger partial charge in [-0.05, 0) is 66.3 Å². The topological polar surface area (TPSA) is 29.3 Å². The average molecular weight is 320 g/mol. The largest absolute Gasteiger partial charge is 0.326 e. The zero-order valence-corrected chi connectivity index (χ0v) is 14.7. The van der Waals surface area contributed by atoms with E-state index in [-0.39, 0.29) is 0 Å². The van der Waals surface area contributed by atoms with Gasteiger partial charge in [0, 0.05) is 25.7 Å². The molecule has 24 heavy (non-hydrogen) atoms. The second-order valence-corrected chi connectivity index (χ2v) is 7.67. The molecule has 1 saturated heterocycles. The highest BCUT2D eigenvalue weighted by molar-refractivity contribution is 5.32. The lowest BCUT2D eigenvalue weighted by atomic mass is 9.80. The third kappa shape index (κ3) is 3.13. The summed E-state index contributed by atoms with van der Waals surface area (Å²) < 4.78 is 0. The Hall–Kier alpha value is -1.64. The van der Waals surface area contributed by atoms with E-state index in [0.29, 0.717) is 12.6 Å². The van der Waals surface area contributed by atoms with Crippen molar-refractivity contribution < 1.29 is 0 Å². The number of hydrogen-bond donors (Lipinski definition) is 1. The number of nitrogens with zero attached hydrogens (tertiary/aromatic N) is 1. The second-order valence-electron chi connectivity index (χ2n) is 7.67. The average Bonchev–Trinajstić information content (AvgIpc) is 2.56. The summed E-state index contributed by atoms with van der Waals surface area (Å²) >= 11 is 0. The van der Waals surface area contributed by atoms with E-state index in [2.05, 4.69) is 54.3 Å². The molecule has 2 atom stereocenters. The van der Waals surface area contributed by atoms with Gasteiger partial charge in [-0.1, -0.05) is 42.5 Å². The molecule has 5 rings (SSSR count). The van der Waals surface area contributed by atoms with Crippen LogP contribution in [0.25, 0.3) is 0 Å². The van der Waals surface area contributed by atoms with Gasteiger partial charge >= 0.3 is 0 Å². The predicted octanol–water partition coefficient (Wildman–Crippen LogP) is 3.83. The van der Waals surface area contributed by atoms with Crippen LogP contribution in [0.2, 0.25) is 0 Å². The Morgan fingerprint density at radius 3 is 2.58 bits per heavy atom. The molecule has 1 aliphatic carbocycles. The highest BCUT2D eigenvalue weighted by Crippen LogP contribution is 2.33. The number of aryl methyl sites for hydroxylation is 1. The monoisotopic (exact) mass is 320 g/mol. The molecular formula is C22H28N2. The Morgan fingerprint density at radius 1 is 1.04 bits per heavy atom. The first-order valence-electron chi connectivity index (χ1n) is 9.32. The minimum atomic E-state index is 0.636. The Kier molecular flexibility index (Phi) is 4.43. The molecule has 2 unspecified atom stereocenters. The number of hydrogen-bond acceptors (Lipinski definition) is 2. The van der Waals surface area contributed by atoms with Gasteiger partial charge in [0.25, 0.3) is 0 Å². The first-order chi connectivity index (χ1) is 11.7. The third-order valence-corrected chi connectivity index (χ3v) is 6.01. The summed E-state index contributed by atoms with van der Waals surface area (Å²) in [4.78, 5) is 2.74. The number of fused-ring (bicyclic) bond motifs is 2. The summed E-state index contributed by atoms with van der Waals surface area (Å²) in [5.41, 5.74) is 13.0. The van der Waals surface area contributed by atoms with Gasteiger partial charge in [-0.25, -0.2) is 0 Å². The highest BCUT2D eigenvalue weighted by atomic mass is 15.2. The smallest absolute Gasteiger partial charge is 0.0237 e. The maximum atomic E-state index is 5.81. The summed E-state index contributed by atoms with van der Waals surface area (Å²) in [7, 11) is 0. The molecule has 0 radical (unpaired) electrons. The van der Waals surface area contributed by atoms with Crippen molar-refractivity contribution in [2.24, 2.45) is 11.7 Å². The van der Waals surface area contributed by atoms with Crippen molar-refractivity contribution in [2.75, 3.05) is 6.54 Å². The first kappa shape index (κ1) is 15.9. The van der Waals surface area contributed by atoms with Gasteiger partial charge in [0.1, 0.15) is 0 Å². The SMILES string of the molecule is Cc1cc(CN2CC3CCC2Cc2ccccc2C3)ccc1CN. The van der Waals surface area contributed by atoms with Crippen LogP contribution in [0.1, 0.15) is 40.7 Å².